The summed E-state index contributed by atoms with van der Waals surface area (Å²) in [6, 6.07) is 12.3. The van der Waals surface area contributed by atoms with Gasteiger partial charge >= 0.3 is 12.1 Å². The van der Waals surface area contributed by atoms with E-state index in [9.17, 15) is 23.1 Å². The molecule has 5 rings (SSSR count). The number of nitrogens with two attached hydrogens (primary N) is 1. The fourth-order valence-corrected chi connectivity index (χ4v) is 6.33. The van der Waals surface area contributed by atoms with Crippen LogP contribution in [0.5, 0.6) is 0 Å². The molecule has 0 bridgehead atoms. The van der Waals surface area contributed by atoms with Crippen LogP contribution in [0.1, 0.15) is 68.0 Å². The van der Waals surface area contributed by atoms with Crippen LogP contribution in [0.15, 0.2) is 67.4 Å². The minimum atomic E-state index is -4.44. The van der Waals surface area contributed by atoms with E-state index in [1.807, 2.05) is 20.8 Å². The Morgan fingerprint density at radius 1 is 1.20 bits per heavy atom. The predicted octanol–water partition coefficient (Wildman–Crippen LogP) is 7.45. The zero-order valence-corrected chi connectivity index (χ0v) is 22.8. The molecule has 1 fully saturated rings. The summed E-state index contributed by atoms with van der Waals surface area (Å²) in [6.07, 6.45) is -1.21. The van der Waals surface area contributed by atoms with Crippen molar-refractivity contribution in [2.45, 2.75) is 51.6 Å². The van der Waals surface area contributed by atoms with E-state index in [-0.39, 0.29) is 17.3 Å². The molecule has 41 heavy (non-hydrogen) atoms. The molecule has 10 heteroatoms. The number of rotatable bonds is 6. The van der Waals surface area contributed by atoms with Gasteiger partial charge in [-0.15, -0.1) is 6.58 Å². The lowest BCUT2D eigenvalue weighted by Gasteiger charge is -2.38. The summed E-state index contributed by atoms with van der Waals surface area (Å²) >= 11 is 0. The molecule has 0 saturated heterocycles. The number of carboxylic acids is 1. The molecule has 0 aliphatic heterocycles. The van der Waals surface area contributed by atoms with E-state index in [0.29, 0.717) is 35.5 Å². The number of anilines is 1. The predicted molar refractivity (Wildman–Crippen MR) is 148 cm³/mol. The van der Waals surface area contributed by atoms with Crippen molar-refractivity contribution in [2.75, 3.05) is 5.73 Å². The van der Waals surface area contributed by atoms with Gasteiger partial charge in [0.05, 0.1) is 17.2 Å². The fraction of sp³-hybridized carbons (Fsp3) is 0.323. The molecule has 2 heterocycles. The molecule has 0 amide bonds. The smallest absolute Gasteiger partial charge is 0.416 e. The van der Waals surface area contributed by atoms with Gasteiger partial charge < -0.3 is 10.8 Å². The summed E-state index contributed by atoms with van der Waals surface area (Å²) in [5, 5.41) is 10.1. The first kappa shape index (κ1) is 28.3. The molecule has 2 aromatic carbocycles. The zero-order chi connectivity index (χ0) is 29.9. The Balaban J connectivity index is 1.58. The van der Waals surface area contributed by atoms with Gasteiger partial charge in [-0.2, -0.15) is 17.6 Å². The van der Waals surface area contributed by atoms with Crippen molar-refractivity contribution in [3.63, 3.8) is 0 Å². The van der Waals surface area contributed by atoms with Crippen LogP contribution in [0, 0.1) is 16.8 Å². The Labute approximate surface area is 234 Å². The number of aliphatic carboxylic acids is 1. The first-order valence-electron chi connectivity index (χ1n) is 13.2. The quantitative estimate of drug-likeness (QED) is 0.187. The number of carbonyl (C=O) groups is 1. The van der Waals surface area contributed by atoms with Gasteiger partial charge in [-0.1, -0.05) is 69.3 Å². The molecule has 1 aliphatic carbocycles. The van der Waals surface area contributed by atoms with Gasteiger partial charge in [0.1, 0.15) is 22.9 Å². The van der Waals surface area contributed by atoms with Gasteiger partial charge in [-0.05, 0) is 35.4 Å². The summed E-state index contributed by atoms with van der Waals surface area (Å²) in [4.78, 5) is 21.2. The topological polar surface area (TPSA) is 93.5 Å². The zero-order valence-electron chi connectivity index (χ0n) is 22.8. The van der Waals surface area contributed by atoms with Crippen molar-refractivity contribution < 1.29 is 27.5 Å². The highest BCUT2D eigenvalue weighted by molar-refractivity contribution is 5.86. The van der Waals surface area contributed by atoms with Crippen LogP contribution in [0.3, 0.4) is 0 Å². The Morgan fingerprint density at radius 3 is 2.46 bits per heavy atom. The van der Waals surface area contributed by atoms with Crippen LogP contribution in [0.4, 0.5) is 23.4 Å². The van der Waals surface area contributed by atoms with Crippen LogP contribution >= 0.6 is 0 Å². The first-order valence-corrected chi connectivity index (χ1v) is 13.2. The molecule has 6 nitrogen and oxygen atoms in total. The number of nitrogens with zero attached hydrogens (tertiary/aromatic N) is 3. The molecule has 0 radical (unpaired) electrons. The minimum Gasteiger partial charge on any atom is -0.481 e. The highest BCUT2D eigenvalue weighted by Crippen LogP contribution is 2.61. The van der Waals surface area contributed by atoms with Gasteiger partial charge in [0.2, 0.25) is 5.95 Å². The third-order valence-electron chi connectivity index (χ3n) is 8.96. The summed E-state index contributed by atoms with van der Waals surface area (Å²) in [6.45, 7) is 9.28. The lowest BCUT2D eigenvalue weighted by molar-refractivity contribution is -0.151. The van der Waals surface area contributed by atoms with E-state index in [2.05, 4.69) is 11.6 Å². The van der Waals surface area contributed by atoms with E-state index >= 15 is 4.39 Å². The number of benzene rings is 2. The van der Waals surface area contributed by atoms with Crippen molar-refractivity contribution in [1.82, 2.24) is 14.4 Å². The third kappa shape index (κ3) is 4.36. The molecule has 3 N–H and O–H groups in total. The fourth-order valence-electron chi connectivity index (χ4n) is 6.33. The van der Waals surface area contributed by atoms with Crippen LogP contribution in [0.25, 0.3) is 16.8 Å². The molecule has 2 aromatic heterocycles. The van der Waals surface area contributed by atoms with Gasteiger partial charge in [-0.25, -0.2) is 9.97 Å². The van der Waals surface area contributed by atoms with Crippen LogP contribution in [-0.2, 0) is 11.0 Å². The van der Waals surface area contributed by atoms with Crippen molar-refractivity contribution in [1.29, 1.82) is 0 Å². The monoisotopic (exact) mass is 566 g/mol. The largest absolute Gasteiger partial charge is 0.481 e. The minimum absolute atomic E-state index is 0.0607. The lowest BCUT2D eigenvalue weighted by Crippen LogP contribution is -2.41. The summed E-state index contributed by atoms with van der Waals surface area (Å²) in [5.74, 6) is -2.03. The Hall–Kier alpha value is -4.21. The standard InChI is InChI=1S/C31H30F4N4O2/c1-5-30(28(40)41)14-13-22(29(30,3)4)27-38-24(25-26(36)37-16-23(32)39(25)27)19-11-9-18(10-12-19)17(2)20-7-6-8-21(15-20)31(33,34)35/h5-12,15-17,22H,1,13-14H2,2-4H3,(H2,36,37)(H,40,41)/t17-,22-,30+/m0/s1. The van der Waals surface area contributed by atoms with E-state index in [1.54, 1.807) is 30.3 Å². The van der Waals surface area contributed by atoms with Gasteiger partial charge in [0, 0.05) is 17.4 Å². The Kier molecular flexibility index (Phi) is 6.71. The number of imidazole rings is 1. The second-order valence-electron chi connectivity index (χ2n) is 11.2. The Bertz CT molecular complexity index is 1660. The molecule has 4 aromatic rings. The number of halogens is 4. The average molecular weight is 567 g/mol. The summed E-state index contributed by atoms with van der Waals surface area (Å²) < 4.78 is 56.4. The highest BCUT2D eigenvalue weighted by atomic mass is 19.4. The summed E-state index contributed by atoms with van der Waals surface area (Å²) in [7, 11) is 0. The average Bonchev–Trinajstić information content (AvgIpc) is 3.46. The maximum Gasteiger partial charge on any atom is 0.416 e. The maximum absolute atomic E-state index is 15.4. The third-order valence-corrected chi connectivity index (χ3v) is 8.96. The molecule has 0 spiro atoms. The molecule has 3 atom stereocenters. The second-order valence-corrected chi connectivity index (χ2v) is 11.2. The van der Waals surface area contributed by atoms with Crippen LogP contribution in [-0.4, -0.2) is 25.4 Å². The highest BCUT2D eigenvalue weighted by Gasteiger charge is 2.59. The van der Waals surface area contributed by atoms with E-state index in [1.165, 1.54) is 16.5 Å². The molecule has 1 aliphatic rings. The number of fused-ring (bicyclic) bond motifs is 1. The number of hydrogen-bond donors (Lipinski definition) is 2. The molecular weight excluding hydrogens is 536 g/mol. The van der Waals surface area contributed by atoms with Crippen LogP contribution in [0.2, 0.25) is 0 Å². The number of aromatic nitrogens is 3. The van der Waals surface area contributed by atoms with Crippen molar-refractivity contribution >= 4 is 17.3 Å². The summed E-state index contributed by atoms with van der Waals surface area (Å²) in [5.41, 5.74) is 6.00. The van der Waals surface area contributed by atoms with Gasteiger partial charge in [-0.3, -0.25) is 9.20 Å². The second kappa shape index (κ2) is 9.71. The maximum atomic E-state index is 15.4. The molecule has 1 saturated carbocycles. The SMILES string of the molecule is C=C[C@]1(C(=O)O)CC[C@@H](c2nc(-c3ccc([C@H](C)c4cccc(C(F)(F)F)c4)cc3)c3c(N)ncc(F)n23)C1(C)C. The normalized spacial score (nSPS) is 21.2. The number of hydrogen-bond acceptors (Lipinski definition) is 4. The van der Waals surface area contributed by atoms with Crippen molar-refractivity contribution in [2.24, 2.45) is 10.8 Å². The first-order chi connectivity index (χ1) is 19.2. The van der Waals surface area contributed by atoms with Crippen LogP contribution < -0.4 is 5.73 Å². The van der Waals surface area contributed by atoms with Gasteiger partial charge in [0.25, 0.3) is 0 Å². The van der Waals surface area contributed by atoms with Crippen molar-refractivity contribution in [3.05, 3.63) is 95.8 Å². The number of alkyl halides is 3. The van der Waals surface area contributed by atoms with Crippen molar-refractivity contribution in [3.8, 4) is 11.3 Å². The Morgan fingerprint density at radius 2 is 1.88 bits per heavy atom. The number of carboxylic acid groups (broad SMARTS) is 1. The molecule has 0 unspecified atom stereocenters. The van der Waals surface area contributed by atoms with E-state index in [4.69, 9.17) is 10.7 Å². The van der Waals surface area contributed by atoms with E-state index in [0.717, 1.165) is 23.9 Å². The molecule has 214 valence electrons. The number of nitrogen functional groups attached to an aromatic ring is 1. The van der Waals surface area contributed by atoms with E-state index < -0.39 is 40.4 Å². The lowest BCUT2D eigenvalue weighted by atomic mass is 9.64. The molecular formula is C31H30F4N4O2. The van der Waals surface area contributed by atoms with Gasteiger partial charge in [0.15, 0.2) is 0 Å².